The molecule has 128 valence electrons. The molecule has 0 saturated carbocycles. The summed E-state index contributed by atoms with van der Waals surface area (Å²) < 4.78 is 31.9. The summed E-state index contributed by atoms with van der Waals surface area (Å²) in [6.07, 6.45) is 0. The Hall–Kier alpha value is -2.18. The molecular weight excluding hydrogens is 338 g/mol. The number of ether oxygens (including phenoxy) is 1. The predicted molar refractivity (Wildman–Crippen MR) is 89.3 cm³/mol. The molecule has 2 aromatic carbocycles. The molecule has 0 heterocycles. The summed E-state index contributed by atoms with van der Waals surface area (Å²) in [4.78, 5) is 13.7. The highest BCUT2D eigenvalue weighted by molar-refractivity contribution is 6.30. The van der Waals surface area contributed by atoms with Gasteiger partial charge in [0.25, 0.3) is 0 Å². The number of rotatable bonds is 6. The second-order valence-corrected chi connectivity index (χ2v) is 5.74. The Labute approximate surface area is 144 Å². The molecule has 0 atom stereocenters. The number of benzene rings is 2. The molecule has 0 aromatic heterocycles. The summed E-state index contributed by atoms with van der Waals surface area (Å²) in [5.74, 6) is -1.11. The van der Waals surface area contributed by atoms with E-state index >= 15 is 0 Å². The molecule has 2 rings (SSSR count). The first-order valence-corrected chi connectivity index (χ1v) is 7.52. The lowest BCUT2D eigenvalue weighted by molar-refractivity contribution is -0.117. The van der Waals surface area contributed by atoms with Crippen molar-refractivity contribution in [3.8, 4) is 5.75 Å². The molecule has 4 nitrogen and oxygen atoms in total. The quantitative estimate of drug-likeness (QED) is 0.860. The van der Waals surface area contributed by atoms with Crippen LogP contribution in [0.5, 0.6) is 5.75 Å². The molecule has 0 aliphatic carbocycles. The largest absolute Gasteiger partial charge is 0.496 e. The highest BCUT2D eigenvalue weighted by Gasteiger charge is 2.13. The molecule has 0 bridgehead atoms. The molecule has 0 unspecified atom stereocenters. The summed E-state index contributed by atoms with van der Waals surface area (Å²) in [6, 6.07) is 8.10. The van der Waals surface area contributed by atoms with Crippen molar-refractivity contribution >= 4 is 23.2 Å². The molecule has 0 spiro atoms. The predicted octanol–water partition coefficient (Wildman–Crippen LogP) is 3.70. The minimum absolute atomic E-state index is 0.00831. The average molecular weight is 355 g/mol. The molecule has 0 fully saturated rings. The van der Waals surface area contributed by atoms with Crippen LogP contribution >= 0.6 is 11.6 Å². The zero-order valence-electron chi connectivity index (χ0n) is 13.3. The zero-order chi connectivity index (χ0) is 17.7. The number of likely N-dealkylation sites (N-methyl/N-ethyl adjacent to an activating group) is 1. The van der Waals surface area contributed by atoms with Gasteiger partial charge in [-0.05, 0) is 37.4 Å². The smallest absolute Gasteiger partial charge is 0.238 e. The van der Waals surface area contributed by atoms with Gasteiger partial charge in [0.05, 0.1) is 19.3 Å². The molecule has 2 aromatic rings. The number of halogens is 3. The van der Waals surface area contributed by atoms with Crippen LogP contribution in [0, 0.1) is 11.6 Å². The van der Waals surface area contributed by atoms with Crippen LogP contribution in [0.15, 0.2) is 36.4 Å². The van der Waals surface area contributed by atoms with Gasteiger partial charge in [-0.15, -0.1) is 0 Å². The number of carbonyl (C=O) groups is 1. The fourth-order valence-corrected chi connectivity index (χ4v) is 2.44. The van der Waals surface area contributed by atoms with Gasteiger partial charge in [0.15, 0.2) is 0 Å². The highest BCUT2D eigenvalue weighted by atomic mass is 35.5. The number of nitrogens with zero attached hydrogens (tertiary/aromatic N) is 1. The maximum atomic E-state index is 13.5. The van der Waals surface area contributed by atoms with E-state index in [1.165, 1.54) is 0 Å². The van der Waals surface area contributed by atoms with Gasteiger partial charge in [-0.25, -0.2) is 8.78 Å². The lowest BCUT2D eigenvalue weighted by Gasteiger charge is -2.18. The van der Waals surface area contributed by atoms with E-state index in [2.05, 4.69) is 5.32 Å². The summed E-state index contributed by atoms with van der Waals surface area (Å²) >= 11 is 5.97. The lowest BCUT2D eigenvalue weighted by atomic mass is 10.2. The van der Waals surface area contributed by atoms with Crippen LogP contribution in [-0.2, 0) is 11.3 Å². The number of methoxy groups -OCH3 is 1. The first-order chi connectivity index (χ1) is 11.4. The van der Waals surface area contributed by atoms with Gasteiger partial charge < -0.3 is 10.1 Å². The fraction of sp³-hybridized carbons (Fsp3) is 0.235. The SMILES string of the molecule is COc1ccc(Cl)cc1CN(C)CC(=O)Nc1cc(F)ccc1F. The summed E-state index contributed by atoms with van der Waals surface area (Å²) in [5, 5.41) is 2.92. The van der Waals surface area contributed by atoms with Gasteiger partial charge in [0.1, 0.15) is 17.4 Å². The van der Waals surface area contributed by atoms with Crippen molar-refractivity contribution in [2.24, 2.45) is 0 Å². The number of anilines is 1. The highest BCUT2D eigenvalue weighted by Crippen LogP contribution is 2.23. The van der Waals surface area contributed by atoms with E-state index in [0.29, 0.717) is 17.3 Å². The van der Waals surface area contributed by atoms with Gasteiger partial charge in [-0.3, -0.25) is 9.69 Å². The molecule has 0 saturated heterocycles. The van der Waals surface area contributed by atoms with E-state index in [-0.39, 0.29) is 12.2 Å². The van der Waals surface area contributed by atoms with Crippen LogP contribution in [0.2, 0.25) is 5.02 Å². The third kappa shape index (κ3) is 4.91. The van der Waals surface area contributed by atoms with E-state index in [9.17, 15) is 13.6 Å². The monoisotopic (exact) mass is 354 g/mol. The van der Waals surface area contributed by atoms with E-state index in [0.717, 1.165) is 23.8 Å². The molecule has 24 heavy (non-hydrogen) atoms. The second kappa shape index (κ2) is 8.08. The van der Waals surface area contributed by atoms with E-state index < -0.39 is 17.5 Å². The topological polar surface area (TPSA) is 41.6 Å². The fourth-order valence-electron chi connectivity index (χ4n) is 2.25. The first kappa shape index (κ1) is 18.2. The van der Waals surface area contributed by atoms with Crippen molar-refractivity contribution in [3.05, 3.63) is 58.6 Å². The van der Waals surface area contributed by atoms with Gasteiger partial charge >= 0.3 is 0 Å². The number of nitrogens with one attached hydrogen (secondary N) is 1. The van der Waals surface area contributed by atoms with Crippen LogP contribution < -0.4 is 10.1 Å². The molecule has 1 N–H and O–H groups in total. The molecular formula is C17H17ClF2N2O2. The number of amides is 1. The van der Waals surface area contributed by atoms with E-state index in [1.54, 1.807) is 37.3 Å². The Morgan fingerprint density at radius 2 is 2.00 bits per heavy atom. The normalized spacial score (nSPS) is 10.8. The van der Waals surface area contributed by atoms with Crippen LogP contribution in [-0.4, -0.2) is 31.5 Å². The number of hydrogen-bond acceptors (Lipinski definition) is 3. The maximum Gasteiger partial charge on any atom is 0.238 e. The third-order valence-corrected chi connectivity index (χ3v) is 3.53. The number of carbonyl (C=O) groups excluding carboxylic acids is 1. The zero-order valence-corrected chi connectivity index (χ0v) is 14.0. The van der Waals surface area contributed by atoms with Crippen molar-refractivity contribution < 1.29 is 18.3 Å². The van der Waals surface area contributed by atoms with Gasteiger partial charge in [-0.1, -0.05) is 11.6 Å². The van der Waals surface area contributed by atoms with Crippen LogP contribution in [0.3, 0.4) is 0 Å². The van der Waals surface area contributed by atoms with Crippen molar-refractivity contribution in [1.82, 2.24) is 4.90 Å². The molecule has 0 radical (unpaired) electrons. The minimum atomic E-state index is -0.691. The summed E-state index contributed by atoms with van der Waals surface area (Å²) in [7, 11) is 3.27. The van der Waals surface area contributed by atoms with Crippen molar-refractivity contribution in [2.45, 2.75) is 6.54 Å². The van der Waals surface area contributed by atoms with E-state index in [4.69, 9.17) is 16.3 Å². The summed E-state index contributed by atoms with van der Waals surface area (Å²) in [5.41, 5.74) is 0.631. The third-order valence-electron chi connectivity index (χ3n) is 3.30. The molecule has 7 heteroatoms. The minimum Gasteiger partial charge on any atom is -0.496 e. The Morgan fingerprint density at radius 1 is 1.25 bits per heavy atom. The maximum absolute atomic E-state index is 13.5. The van der Waals surface area contributed by atoms with Crippen LogP contribution in [0.4, 0.5) is 14.5 Å². The Bertz CT molecular complexity index is 741. The van der Waals surface area contributed by atoms with Gasteiger partial charge in [0.2, 0.25) is 5.91 Å². The van der Waals surface area contributed by atoms with Crippen molar-refractivity contribution in [2.75, 3.05) is 26.0 Å². The lowest BCUT2D eigenvalue weighted by Crippen LogP contribution is -2.30. The summed E-state index contributed by atoms with van der Waals surface area (Å²) in [6.45, 7) is 0.397. The Balaban J connectivity index is 1.99. The molecule has 1 amide bonds. The standard InChI is InChI=1S/C17H17ClF2N2O2/c1-22(9-11-7-12(18)3-6-16(11)24-2)10-17(23)21-15-8-13(19)4-5-14(15)20/h3-8H,9-10H2,1-2H3,(H,21,23). The average Bonchev–Trinajstić information content (AvgIpc) is 2.51. The Kier molecular flexibility index (Phi) is 6.11. The van der Waals surface area contributed by atoms with Crippen molar-refractivity contribution in [1.29, 1.82) is 0 Å². The molecule has 0 aliphatic rings. The molecule has 0 aliphatic heterocycles. The van der Waals surface area contributed by atoms with Crippen LogP contribution in [0.1, 0.15) is 5.56 Å². The second-order valence-electron chi connectivity index (χ2n) is 5.30. The van der Waals surface area contributed by atoms with Gasteiger partial charge in [-0.2, -0.15) is 0 Å². The number of hydrogen-bond donors (Lipinski definition) is 1. The van der Waals surface area contributed by atoms with Crippen molar-refractivity contribution in [3.63, 3.8) is 0 Å². The Morgan fingerprint density at radius 3 is 2.71 bits per heavy atom. The van der Waals surface area contributed by atoms with E-state index in [1.807, 2.05) is 0 Å². The van der Waals surface area contributed by atoms with Gasteiger partial charge in [0, 0.05) is 23.2 Å². The van der Waals surface area contributed by atoms with Crippen LogP contribution in [0.25, 0.3) is 0 Å². The first-order valence-electron chi connectivity index (χ1n) is 7.15.